The smallest absolute Gasteiger partial charge is 0.348 e. The summed E-state index contributed by atoms with van der Waals surface area (Å²) in [6.07, 6.45) is 1.44. The van der Waals surface area contributed by atoms with Crippen LogP contribution in [0, 0.1) is 13.8 Å². The summed E-state index contributed by atoms with van der Waals surface area (Å²) in [6.45, 7) is 8.67. The molecule has 0 unspecified atom stereocenters. The van der Waals surface area contributed by atoms with Gasteiger partial charge in [-0.05, 0) is 38.5 Å². The molecular weight excluding hydrogens is 394 g/mol. The van der Waals surface area contributed by atoms with Gasteiger partial charge in [-0.3, -0.25) is 4.79 Å². The van der Waals surface area contributed by atoms with Crippen molar-refractivity contribution in [2.24, 2.45) is 0 Å². The molecular formula is C21H23NO6S. The van der Waals surface area contributed by atoms with Crippen molar-refractivity contribution in [3.05, 3.63) is 58.5 Å². The standard InChI is InChI=1S/C21H23NO6S/c1-5-11-27-21(25)18-14(4)17(20(24)26-6-2)19(29-18)22-16(23)12-28-15-9-7-13(3)8-10-15/h5,7-10H,1,6,11-12H2,2-4H3,(H,22,23). The van der Waals surface area contributed by atoms with Crippen LogP contribution >= 0.6 is 11.3 Å². The van der Waals surface area contributed by atoms with E-state index in [1.165, 1.54) is 6.08 Å². The molecule has 0 aliphatic heterocycles. The Labute approximate surface area is 173 Å². The molecule has 0 fully saturated rings. The van der Waals surface area contributed by atoms with Gasteiger partial charge in [-0.15, -0.1) is 11.3 Å². The van der Waals surface area contributed by atoms with Gasteiger partial charge in [-0.25, -0.2) is 9.59 Å². The quantitative estimate of drug-likeness (QED) is 0.491. The first-order chi connectivity index (χ1) is 13.9. The van der Waals surface area contributed by atoms with Crippen LogP contribution in [0.25, 0.3) is 0 Å². The first-order valence-corrected chi connectivity index (χ1v) is 9.76. The number of hydrogen-bond donors (Lipinski definition) is 1. The third kappa shape index (κ3) is 5.92. The molecule has 1 aromatic carbocycles. The Balaban J connectivity index is 2.18. The van der Waals surface area contributed by atoms with Crippen LogP contribution in [0.2, 0.25) is 0 Å². The van der Waals surface area contributed by atoms with Crippen LogP contribution in [0.3, 0.4) is 0 Å². The van der Waals surface area contributed by atoms with E-state index in [-0.39, 0.29) is 35.3 Å². The molecule has 0 aliphatic carbocycles. The average molecular weight is 417 g/mol. The van der Waals surface area contributed by atoms with Crippen LogP contribution in [-0.2, 0) is 14.3 Å². The summed E-state index contributed by atoms with van der Waals surface area (Å²) < 4.78 is 15.6. The molecule has 7 nitrogen and oxygen atoms in total. The zero-order valence-corrected chi connectivity index (χ0v) is 17.4. The minimum absolute atomic E-state index is 0.0387. The van der Waals surface area contributed by atoms with E-state index in [1.54, 1.807) is 26.0 Å². The van der Waals surface area contributed by atoms with Crippen molar-refractivity contribution >= 4 is 34.2 Å². The highest BCUT2D eigenvalue weighted by atomic mass is 32.1. The maximum atomic E-state index is 12.4. The van der Waals surface area contributed by atoms with Crippen molar-refractivity contribution < 1.29 is 28.6 Å². The average Bonchev–Trinajstić information content (AvgIpc) is 3.01. The molecule has 1 N–H and O–H groups in total. The molecule has 0 atom stereocenters. The molecule has 1 heterocycles. The number of anilines is 1. The van der Waals surface area contributed by atoms with Crippen molar-refractivity contribution in [3.63, 3.8) is 0 Å². The lowest BCUT2D eigenvalue weighted by Gasteiger charge is -2.08. The Bertz CT molecular complexity index is 901. The third-order valence-electron chi connectivity index (χ3n) is 3.79. The Hall–Kier alpha value is -3.13. The number of nitrogens with one attached hydrogen (secondary N) is 1. The number of thiophene rings is 1. The second-order valence-corrected chi connectivity index (χ2v) is 7.04. The molecule has 29 heavy (non-hydrogen) atoms. The van der Waals surface area contributed by atoms with Crippen LogP contribution < -0.4 is 10.1 Å². The van der Waals surface area contributed by atoms with Gasteiger partial charge >= 0.3 is 11.9 Å². The van der Waals surface area contributed by atoms with Gasteiger partial charge in [0.15, 0.2) is 6.61 Å². The number of carbonyl (C=O) groups is 3. The molecule has 0 saturated carbocycles. The minimum Gasteiger partial charge on any atom is -0.484 e. The predicted molar refractivity (Wildman–Crippen MR) is 111 cm³/mol. The van der Waals surface area contributed by atoms with Crippen molar-refractivity contribution in [2.45, 2.75) is 20.8 Å². The number of benzene rings is 1. The minimum atomic E-state index is -0.626. The van der Waals surface area contributed by atoms with E-state index in [0.29, 0.717) is 11.3 Å². The highest BCUT2D eigenvalue weighted by Gasteiger charge is 2.27. The molecule has 0 radical (unpaired) electrons. The van der Waals surface area contributed by atoms with Crippen molar-refractivity contribution in [3.8, 4) is 5.75 Å². The lowest BCUT2D eigenvalue weighted by molar-refractivity contribution is -0.118. The van der Waals surface area contributed by atoms with Crippen molar-refractivity contribution in [1.82, 2.24) is 0 Å². The van der Waals surface area contributed by atoms with Crippen molar-refractivity contribution in [2.75, 3.05) is 25.1 Å². The van der Waals surface area contributed by atoms with Gasteiger partial charge in [0.25, 0.3) is 5.91 Å². The molecule has 0 spiro atoms. The monoisotopic (exact) mass is 417 g/mol. The number of hydrogen-bond acceptors (Lipinski definition) is 7. The highest BCUT2D eigenvalue weighted by molar-refractivity contribution is 7.18. The van der Waals surface area contributed by atoms with E-state index < -0.39 is 17.8 Å². The zero-order chi connectivity index (χ0) is 21.4. The molecule has 1 amide bonds. The van der Waals surface area contributed by atoms with Gasteiger partial charge < -0.3 is 19.5 Å². The predicted octanol–water partition coefficient (Wildman–Crippen LogP) is 3.90. The number of ether oxygens (including phenoxy) is 3. The van der Waals surface area contributed by atoms with E-state index in [1.807, 2.05) is 19.1 Å². The number of esters is 2. The van der Waals surface area contributed by atoms with Gasteiger partial charge in [0.05, 0.1) is 12.2 Å². The first-order valence-electron chi connectivity index (χ1n) is 8.95. The summed E-state index contributed by atoms with van der Waals surface area (Å²) >= 11 is 0.954. The summed E-state index contributed by atoms with van der Waals surface area (Å²) in [5, 5.41) is 2.84. The van der Waals surface area contributed by atoms with Crippen LogP contribution in [0.5, 0.6) is 5.75 Å². The molecule has 2 aromatic rings. The first kappa shape index (κ1) is 22.2. The van der Waals surface area contributed by atoms with Crippen molar-refractivity contribution in [1.29, 1.82) is 0 Å². The van der Waals surface area contributed by atoms with E-state index in [4.69, 9.17) is 14.2 Å². The molecule has 8 heteroatoms. The van der Waals surface area contributed by atoms with E-state index >= 15 is 0 Å². The maximum absolute atomic E-state index is 12.4. The number of carbonyl (C=O) groups excluding carboxylic acids is 3. The van der Waals surface area contributed by atoms with Crippen LogP contribution in [-0.4, -0.2) is 37.7 Å². The van der Waals surface area contributed by atoms with Crippen LogP contribution in [0.15, 0.2) is 36.9 Å². The Kier molecular flexibility index (Phi) is 7.97. The normalized spacial score (nSPS) is 10.2. The Morgan fingerprint density at radius 3 is 2.41 bits per heavy atom. The topological polar surface area (TPSA) is 90.9 Å². The number of amides is 1. The fraction of sp³-hybridized carbons (Fsp3) is 0.286. The Morgan fingerprint density at radius 1 is 1.10 bits per heavy atom. The third-order valence-corrected chi connectivity index (χ3v) is 4.98. The molecule has 1 aromatic heterocycles. The Morgan fingerprint density at radius 2 is 1.79 bits per heavy atom. The molecule has 154 valence electrons. The highest BCUT2D eigenvalue weighted by Crippen LogP contribution is 2.34. The van der Waals surface area contributed by atoms with Gasteiger partial charge in [-0.2, -0.15) is 0 Å². The summed E-state index contributed by atoms with van der Waals surface area (Å²) in [6, 6.07) is 7.26. The molecule has 2 rings (SSSR count). The second-order valence-electron chi connectivity index (χ2n) is 6.02. The van der Waals surface area contributed by atoms with E-state index in [2.05, 4.69) is 11.9 Å². The lowest BCUT2D eigenvalue weighted by atomic mass is 10.1. The fourth-order valence-corrected chi connectivity index (χ4v) is 3.50. The lowest BCUT2D eigenvalue weighted by Crippen LogP contribution is -2.21. The van der Waals surface area contributed by atoms with Gasteiger partial charge in [0.2, 0.25) is 0 Å². The summed E-state index contributed by atoms with van der Waals surface area (Å²) in [5.41, 5.74) is 1.59. The number of rotatable bonds is 9. The van der Waals surface area contributed by atoms with Crippen LogP contribution in [0.4, 0.5) is 5.00 Å². The largest absolute Gasteiger partial charge is 0.484 e. The number of aryl methyl sites for hydroxylation is 1. The summed E-state index contributed by atoms with van der Waals surface area (Å²) in [7, 11) is 0. The second kappa shape index (κ2) is 10.4. The molecule has 0 bridgehead atoms. The fourth-order valence-electron chi connectivity index (χ4n) is 2.39. The van der Waals surface area contributed by atoms with Gasteiger partial charge in [0, 0.05) is 0 Å². The maximum Gasteiger partial charge on any atom is 0.348 e. The molecule has 0 aliphatic rings. The summed E-state index contributed by atoms with van der Waals surface area (Å²) in [5.74, 6) is -1.15. The van der Waals surface area contributed by atoms with E-state index in [0.717, 1.165) is 16.9 Å². The van der Waals surface area contributed by atoms with E-state index in [9.17, 15) is 14.4 Å². The van der Waals surface area contributed by atoms with Gasteiger partial charge in [-0.1, -0.05) is 30.4 Å². The molecule has 0 saturated heterocycles. The van der Waals surface area contributed by atoms with Gasteiger partial charge in [0.1, 0.15) is 22.2 Å². The summed E-state index contributed by atoms with van der Waals surface area (Å²) in [4.78, 5) is 37.2. The zero-order valence-electron chi connectivity index (χ0n) is 16.6. The SMILES string of the molecule is C=CCOC(=O)c1sc(NC(=O)COc2ccc(C)cc2)c(C(=O)OCC)c1C. The van der Waals surface area contributed by atoms with Crippen LogP contribution in [0.1, 0.15) is 38.1 Å².